The minimum atomic E-state index is 0.464. The third kappa shape index (κ3) is 3.10. The molecule has 0 radical (unpaired) electrons. The van der Waals surface area contributed by atoms with E-state index in [9.17, 15) is 0 Å². The summed E-state index contributed by atoms with van der Waals surface area (Å²) in [5, 5.41) is 0. The average molecular weight is 231 g/mol. The number of hydrogen-bond acceptors (Lipinski definition) is 1. The van der Waals surface area contributed by atoms with Crippen LogP contribution in [0.15, 0.2) is 12.1 Å². The molecule has 1 aromatic carbocycles. The minimum absolute atomic E-state index is 0.464. The van der Waals surface area contributed by atoms with Crippen molar-refractivity contribution >= 4 is 0 Å². The minimum Gasteiger partial charge on any atom is -0.328 e. The van der Waals surface area contributed by atoms with Gasteiger partial charge < -0.3 is 5.73 Å². The van der Waals surface area contributed by atoms with E-state index in [1.54, 1.807) is 5.56 Å². The monoisotopic (exact) mass is 231 g/mol. The fourth-order valence-corrected chi connectivity index (χ4v) is 3.21. The first-order valence-electron chi connectivity index (χ1n) is 6.88. The maximum absolute atomic E-state index is 5.97. The van der Waals surface area contributed by atoms with Gasteiger partial charge in [0, 0.05) is 6.04 Å². The third-order valence-electron chi connectivity index (χ3n) is 4.22. The molecule has 1 aliphatic carbocycles. The summed E-state index contributed by atoms with van der Waals surface area (Å²) < 4.78 is 0. The highest BCUT2D eigenvalue weighted by Crippen LogP contribution is 2.29. The van der Waals surface area contributed by atoms with Crippen molar-refractivity contribution < 1.29 is 0 Å². The van der Waals surface area contributed by atoms with Gasteiger partial charge in [0.05, 0.1) is 0 Å². The van der Waals surface area contributed by atoms with Crippen molar-refractivity contribution in [3.8, 4) is 0 Å². The summed E-state index contributed by atoms with van der Waals surface area (Å²) in [6, 6.07) is 5.10. The summed E-state index contributed by atoms with van der Waals surface area (Å²) in [5.41, 5.74) is 11.9. The van der Waals surface area contributed by atoms with E-state index in [0.29, 0.717) is 6.04 Å². The Labute approximate surface area is 105 Å². The molecule has 0 unspecified atom stereocenters. The maximum Gasteiger partial charge on any atom is 0.00390 e. The molecule has 0 heterocycles. The van der Waals surface area contributed by atoms with Crippen LogP contribution in [0, 0.1) is 26.7 Å². The molecule has 0 spiro atoms. The van der Waals surface area contributed by atoms with E-state index in [-0.39, 0.29) is 0 Å². The lowest BCUT2D eigenvalue weighted by atomic mass is 9.81. The number of aryl methyl sites for hydroxylation is 3. The van der Waals surface area contributed by atoms with E-state index in [4.69, 9.17) is 5.73 Å². The first-order chi connectivity index (χ1) is 8.06. The van der Waals surface area contributed by atoms with Gasteiger partial charge in [-0.15, -0.1) is 0 Å². The summed E-state index contributed by atoms with van der Waals surface area (Å²) in [5.74, 6) is 0.856. The molecule has 1 fully saturated rings. The molecule has 1 aliphatic rings. The Morgan fingerprint density at radius 3 is 2.06 bits per heavy atom. The molecule has 1 aromatic rings. The van der Waals surface area contributed by atoms with Crippen molar-refractivity contribution in [3.05, 3.63) is 34.4 Å². The molecule has 94 valence electrons. The first-order valence-corrected chi connectivity index (χ1v) is 6.88. The zero-order valence-corrected chi connectivity index (χ0v) is 11.4. The standard InChI is InChI=1S/C16H25N/c1-11-8-12(2)16(13(3)9-11)10-14-4-6-15(17)7-5-14/h8-9,14-15H,4-7,10,17H2,1-3H3. The summed E-state index contributed by atoms with van der Waals surface area (Å²) in [6.07, 6.45) is 6.32. The highest BCUT2D eigenvalue weighted by molar-refractivity contribution is 5.37. The van der Waals surface area contributed by atoms with Gasteiger partial charge >= 0.3 is 0 Å². The van der Waals surface area contributed by atoms with Crippen molar-refractivity contribution in [2.24, 2.45) is 11.7 Å². The van der Waals surface area contributed by atoms with Gasteiger partial charge in [0.2, 0.25) is 0 Å². The molecule has 0 amide bonds. The van der Waals surface area contributed by atoms with Crippen LogP contribution in [0.3, 0.4) is 0 Å². The molecular weight excluding hydrogens is 206 g/mol. The largest absolute Gasteiger partial charge is 0.328 e. The van der Waals surface area contributed by atoms with Crippen LogP contribution in [0.5, 0.6) is 0 Å². The van der Waals surface area contributed by atoms with E-state index >= 15 is 0 Å². The number of benzene rings is 1. The SMILES string of the molecule is Cc1cc(C)c(CC2CCC(N)CC2)c(C)c1. The Kier molecular flexibility index (Phi) is 3.88. The van der Waals surface area contributed by atoms with Gasteiger partial charge in [-0.3, -0.25) is 0 Å². The zero-order valence-electron chi connectivity index (χ0n) is 11.4. The fraction of sp³-hybridized carbons (Fsp3) is 0.625. The van der Waals surface area contributed by atoms with Crippen molar-refractivity contribution in [2.45, 2.75) is 58.9 Å². The Morgan fingerprint density at radius 1 is 1.00 bits per heavy atom. The van der Waals surface area contributed by atoms with Gasteiger partial charge in [0.25, 0.3) is 0 Å². The molecule has 0 saturated heterocycles. The van der Waals surface area contributed by atoms with Gasteiger partial charge in [0.1, 0.15) is 0 Å². The smallest absolute Gasteiger partial charge is 0.00390 e. The number of nitrogens with two attached hydrogens (primary N) is 1. The van der Waals surface area contributed by atoms with Crippen molar-refractivity contribution in [1.29, 1.82) is 0 Å². The second-order valence-corrected chi connectivity index (χ2v) is 5.86. The number of hydrogen-bond donors (Lipinski definition) is 1. The predicted octanol–water partition coefficient (Wildman–Crippen LogP) is 3.67. The zero-order chi connectivity index (χ0) is 12.4. The number of rotatable bonds is 2. The van der Waals surface area contributed by atoms with Gasteiger partial charge in [0.15, 0.2) is 0 Å². The maximum atomic E-state index is 5.97. The van der Waals surface area contributed by atoms with Crippen LogP contribution in [-0.4, -0.2) is 6.04 Å². The fourth-order valence-electron chi connectivity index (χ4n) is 3.21. The Hall–Kier alpha value is -0.820. The highest BCUT2D eigenvalue weighted by Gasteiger charge is 2.19. The summed E-state index contributed by atoms with van der Waals surface area (Å²) in [6.45, 7) is 6.69. The molecular formula is C16H25N. The third-order valence-corrected chi connectivity index (χ3v) is 4.22. The van der Waals surface area contributed by atoms with Gasteiger partial charge in [-0.05, 0) is 75.5 Å². The topological polar surface area (TPSA) is 26.0 Å². The summed E-state index contributed by atoms with van der Waals surface area (Å²) >= 11 is 0. The van der Waals surface area contributed by atoms with Crippen molar-refractivity contribution in [3.63, 3.8) is 0 Å². The highest BCUT2D eigenvalue weighted by atomic mass is 14.6. The quantitative estimate of drug-likeness (QED) is 0.825. The van der Waals surface area contributed by atoms with Gasteiger partial charge in [-0.2, -0.15) is 0 Å². The van der Waals surface area contributed by atoms with Crippen LogP contribution in [0.1, 0.15) is 47.9 Å². The van der Waals surface area contributed by atoms with Crippen LogP contribution in [0.4, 0.5) is 0 Å². The lowest BCUT2D eigenvalue weighted by Crippen LogP contribution is -2.27. The van der Waals surface area contributed by atoms with Crippen LogP contribution in [0.25, 0.3) is 0 Å². The molecule has 2 N–H and O–H groups in total. The molecule has 0 aromatic heterocycles. The molecule has 1 heteroatoms. The lowest BCUT2D eigenvalue weighted by molar-refractivity contribution is 0.324. The van der Waals surface area contributed by atoms with E-state index in [1.165, 1.54) is 48.8 Å². The first kappa shape index (κ1) is 12.6. The molecule has 0 aliphatic heterocycles. The van der Waals surface area contributed by atoms with Gasteiger partial charge in [-0.25, -0.2) is 0 Å². The Morgan fingerprint density at radius 2 is 1.53 bits per heavy atom. The molecule has 0 bridgehead atoms. The Balaban J connectivity index is 2.08. The normalized spacial score (nSPS) is 24.9. The molecule has 1 saturated carbocycles. The van der Waals surface area contributed by atoms with E-state index in [1.807, 2.05) is 0 Å². The van der Waals surface area contributed by atoms with Crippen LogP contribution in [0.2, 0.25) is 0 Å². The van der Waals surface area contributed by atoms with E-state index < -0.39 is 0 Å². The van der Waals surface area contributed by atoms with E-state index in [2.05, 4.69) is 32.9 Å². The lowest BCUT2D eigenvalue weighted by Gasteiger charge is -2.27. The molecule has 2 rings (SSSR count). The van der Waals surface area contributed by atoms with E-state index in [0.717, 1.165) is 5.92 Å². The summed E-state index contributed by atoms with van der Waals surface area (Å²) in [7, 11) is 0. The Bertz CT molecular complexity index is 364. The summed E-state index contributed by atoms with van der Waals surface area (Å²) in [4.78, 5) is 0. The molecule has 1 nitrogen and oxygen atoms in total. The van der Waals surface area contributed by atoms with Gasteiger partial charge in [-0.1, -0.05) is 17.7 Å². The predicted molar refractivity (Wildman–Crippen MR) is 74.3 cm³/mol. The van der Waals surface area contributed by atoms with Crippen molar-refractivity contribution in [2.75, 3.05) is 0 Å². The van der Waals surface area contributed by atoms with Crippen LogP contribution < -0.4 is 5.73 Å². The second kappa shape index (κ2) is 5.22. The average Bonchev–Trinajstić information content (AvgIpc) is 2.26. The van der Waals surface area contributed by atoms with Crippen LogP contribution >= 0.6 is 0 Å². The van der Waals surface area contributed by atoms with Crippen LogP contribution in [-0.2, 0) is 6.42 Å². The second-order valence-electron chi connectivity index (χ2n) is 5.86. The molecule has 0 atom stereocenters. The van der Waals surface area contributed by atoms with Crippen molar-refractivity contribution in [1.82, 2.24) is 0 Å². The molecule has 17 heavy (non-hydrogen) atoms.